The van der Waals surface area contributed by atoms with Crippen molar-refractivity contribution in [1.29, 1.82) is 0 Å². The van der Waals surface area contributed by atoms with Crippen molar-refractivity contribution in [3.63, 3.8) is 0 Å². The molecule has 0 aliphatic rings. The number of aryl methyl sites for hydroxylation is 1. The number of hydrogen-bond acceptors (Lipinski definition) is 3. The first-order valence-electron chi connectivity index (χ1n) is 9.08. The van der Waals surface area contributed by atoms with Crippen molar-refractivity contribution in [2.45, 2.75) is 26.8 Å². The summed E-state index contributed by atoms with van der Waals surface area (Å²) >= 11 is 5.06. The van der Waals surface area contributed by atoms with Crippen molar-refractivity contribution >= 4 is 43.5 Å². The molecule has 0 unspecified atom stereocenters. The van der Waals surface area contributed by atoms with Gasteiger partial charge in [-0.25, -0.2) is 9.78 Å². The van der Waals surface area contributed by atoms with Crippen LogP contribution in [-0.2, 0) is 6.54 Å². The predicted molar refractivity (Wildman–Crippen MR) is 116 cm³/mol. The zero-order valence-electron chi connectivity index (χ0n) is 15.6. The normalized spacial score (nSPS) is 11.6. The predicted octanol–water partition coefficient (Wildman–Crippen LogP) is 6.06. The van der Waals surface area contributed by atoms with Gasteiger partial charge >= 0.3 is 5.97 Å². The van der Waals surface area contributed by atoms with Crippen LogP contribution in [0.15, 0.2) is 53.5 Å². The topological polar surface area (TPSA) is 60.0 Å². The molecule has 0 aliphatic heterocycles. The lowest BCUT2D eigenvalue weighted by Gasteiger charge is -2.14. The molecule has 3 aromatic heterocycles. The third kappa shape index (κ3) is 3.52. The second-order valence-corrected chi connectivity index (χ2v) is 9.10. The smallest absolute Gasteiger partial charge is 0.345 e. The summed E-state index contributed by atoms with van der Waals surface area (Å²) in [4.78, 5) is 15.9. The van der Waals surface area contributed by atoms with Crippen molar-refractivity contribution in [2.24, 2.45) is 5.92 Å². The van der Waals surface area contributed by atoms with Crippen molar-refractivity contribution in [3.05, 3.63) is 58.4 Å². The highest BCUT2D eigenvalue weighted by Crippen LogP contribution is 2.38. The summed E-state index contributed by atoms with van der Waals surface area (Å²) in [5.74, 6) is -0.307. The van der Waals surface area contributed by atoms with Gasteiger partial charge in [-0.15, -0.1) is 11.3 Å². The standard InChI is InChI=1S/C21H20BrN3O2S/c1-13(2)5-7-25-17(10-19-18(25)11-20(28-19)21(26)27)15-4-3-14(9-16(15)22)24-8-6-23-12-24/h3-4,6,8-13H,5,7H2,1-2H3,(H,26,27). The second kappa shape index (κ2) is 7.56. The molecule has 1 aromatic carbocycles. The molecule has 4 rings (SSSR count). The van der Waals surface area contributed by atoms with E-state index >= 15 is 0 Å². The van der Waals surface area contributed by atoms with E-state index in [1.807, 2.05) is 10.8 Å². The van der Waals surface area contributed by atoms with Gasteiger partial charge in [0.25, 0.3) is 0 Å². The summed E-state index contributed by atoms with van der Waals surface area (Å²) in [5.41, 5.74) is 4.21. The third-order valence-corrected chi connectivity index (χ3v) is 6.48. The van der Waals surface area contributed by atoms with Crippen LogP contribution in [0.5, 0.6) is 0 Å². The number of imidazole rings is 1. The maximum atomic E-state index is 11.4. The first-order valence-corrected chi connectivity index (χ1v) is 10.7. The number of halogens is 1. The van der Waals surface area contributed by atoms with Crippen molar-refractivity contribution < 1.29 is 9.90 Å². The lowest BCUT2D eigenvalue weighted by Crippen LogP contribution is -2.03. The van der Waals surface area contributed by atoms with Gasteiger partial charge in [-0.3, -0.25) is 0 Å². The maximum absolute atomic E-state index is 11.4. The molecule has 0 saturated carbocycles. The molecule has 0 fully saturated rings. The van der Waals surface area contributed by atoms with E-state index in [9.17, 15) is 9.90 Å². The Bertz CT molecular complexity index is 1140. The Kier molecular flexibility index (Phi) is 5.12. The zero-order valence-corrected chi connectivity index (χ0v) is 18.0. The van der Waals surface area contributed by atoms with E-state index in [4.69, 9.17) is 0 Å². The van der Waals surface area contributed by atoms with Gasteiger partial charge in [-0.1, -0.05) is 29.8 Å². The van der Waals surface area contributed by atoms with E-state index in [-0.39, 0.29) is 0 Å². The highest BCUT2D eigenvalue weighted by atomic mass is 79.9. The first-order chi connectivity index (χ1) is 13.4. The Morgan fingerprint density at radius 3 is 2.75 bits per heavy atom. The van der Waals surface area contributed by atoms with Crippen LogP contribution in [0, 0.1) is 5.92 Å². The van der Waals surface area contributed by atoms with Crippen molar-refractivity contribution in [1.82, 2.24) is 14.1 Å². The monoisotopic (exact) mass is 457 g/mol. The molecule has 144 valence electrons. The Balaban J connectivity index is 1.82. The number of nitrogens with zero attached hydrogens (tertiary/aromatic N) is 3. The van der Waals surface area contributed by atoms with Gasteiger partial charge in [-0.2, -0.15) is 0 Å². The van der Waals surface area contributed by atoms with Crippen LogP contribution in [0.25, 0.3) is 27.2 Å². The fourth-order valence-corrected chi connectivity index (χ4v) is 4.79. The van der Waals surface area contributed by atoms with E-state index in [1.165, 1.54) is 11.3 Å². The van der Waals surface area contributed by atoms with E-state index in [1.54, 1.807) is 18.6 Å². The molecule has 0 radical (unpaired) electrons. The van der Waals surface area contributed by atoms with Crippen LogP contribution in [0.3, 0.4) is 0 Å². The average Bonchev–Trinajstić information content (AvgIpc) is 3.36. The number of thiophene rings is 1. The molecule has 0 bridgehead atoms. The summed E-state index contributed by atoms with van der Waals surface area (Å²) in [7, 11) is 0. The number of fused-ring (bicyclic) bond motifs is 1. The summed E-state index contributed by atoms with van der Waals surface area (Å²) in [5, 5.41) is 9.35. The summed E-state index contributed by atoms with van der Waals surface area (Å²) in [6, 6.07) is 10.1. The fraction of sp³-hybridized carbons (Fsp3) is 0.238. The van der Waals surface area contributed by atoms with Gasteiger partial charge in [0.15, 0.2) is 0 Å². The van der Waals surface area contributed by atoms with Crippen LogP contribution < -0.4 is 0 Å². The number of carboxylic acid groups (broad SMARTS) is 1. The van der Waals surface area contributed by atoms with Crippen LogP contribution in [0.1, 0.15) is 29.9 Å². The largest absolute Gasteiger partial charge is 0.477 e. The molecule has 4 aromatic rings. The van der Waals surface area contributed by atoms with Crippen LogP contribution in [-0.4, -0.2) is 25.2 Å². The van der Waals surface area contributed by atoms with E-state index in [0.29, 0.717) is 10.8 Å². The Morgan fingerprint density at radius 1 is 1.29 bits per heavy atom. The molecular formula is C21H20BrN3O2S. The van der Waals surface area contributed by atoms with Gasteiger partial charge in [0.05, 0.1) is 22.2 Å². The SMILES string of the molecule is CC(C)CCn1c(-c2ccc(-n3ccnc3)cc2Br)cc2sc(C(=O)O)cc21. The number of carboxylic acids is 1. The second-order valence-electron chi connectivity index (χ2n) is 7.16. The van der Waals surface area contributed by atoms with Gasteiger partial charge in [0.1, 0.15) is 4.88 Å². The number of aromatic carboxylic acids is 1. The zero-order chi connectivity index (χ0) is 19.8. The van der Waals surface area contributed by atoms with E-state index in [2.05, 4.69) is 63.6 Å². The van der Waals surface area contributed by atoms with Crippen molar-refractivity contribution in [2.75, 3.05) is 0 Å². The third-order valence-electron chi connectivity index (χ3n) is 4.76. The quantitative estimate of drug-likeness (QED) is 0.382. The van der Waals surface area contributed by atoms with Gasteiger partial charge < -0.3 is 14.2 Å². The lowest BCUT2D eigenvalue weighted by atomic mass is 10.1. The average molecular weight is 458 g/mol. The minimum atomic E-state index is -0.871. The number of benzene rings is 1. The van der Waals surface area contributed by atoms with Crippen molar-refractivity contribution in [3.8, 4) is 16.9 Å². The molecule has 0 saturated heterocycles. The Hall–Kier alpha value is -2.38. The molecule has 5 nitrogen and oxygen atoms in total. The first kappa shape index (κ1) is 19.0. The van der Waals surface area contributed by atoms with Crippen LogP contribution in [0.2, 0.25) is 0 Å². The van der Waals surface area contributed by atoms with Gasteiger partial charge in [-0.05, 0) is 42.7 Å². The molecule has 0 atom stereocenters. The highest BCUT2D eigenvalue weighted by molar-refractivity contribution is 9.10. The summed E-state index contributed by atoms with van der Waals surface area (Å²) in [6.07, 6.45) is 6.47. The van der Waals surface area contributed by atoms with Crippen LogP contribution >= 0.6 is 27.3 Å². The molecule has 3 heterocycles. The van der Waals surface area contributed by atoms with E-state index in [0.717, 1.165) is 44.6 Å². The molecule has 0 spiro atoms. The lowest BCUT2D eigenvalue weighted by molar-refractivity contribution is 0.0702. The van der Waals surface area contributed by atoms with Gasteiger partial charge in [0, 0.05) is 34.7 Å². The Morgan fingerprint density at radius 2 is 2.11 bits per heavy atom. The molecule has 28 heavy (non-hydrogen) atoms. The molecule has 1 N–H and O–H groups in total. The van der Waals surface area contributed by atoms with Crippen LogP contribution in [0.4, 0.5) is 0 Å². The summed E-state index contributed by atoms with van der Waals surface area (Å²) in [6.45, 7) is 5.25. The minimum Gasteiger partial charge on any atom is -0.477 e. The minimum absolute atomic E-state index is 0.379. The number of carbonyl (C=O) groups is 1. The number of rotatable bonds is 6. The fourth-order valence-electron chi connectivity index (χ4n) is 3.28. The molecule has 7 heteroatoms. The highest BCUT2D eigenvalue weighted by Gasteiger charge is 2.18. The molecule has 0 aliphatic carbocycles. The van der Waals surface area contributed by atoms with Gasteiger partial charge in [0.2, 0.25) is 0 Å². The molecular weight excluding hydrogens is 438 g/mol. The maximum Gasteiger partial charge on any atom is 0.345 e. The number of aromatic nitrogens is 3. The van der Waals surface area contributed by atoms with E-state index < -0.39 is 5.97 Å². The number of hydrogen-bond donors (Lipinski definition) is 1. The summed E-state index contributed by atoms with van der Waals surface area (Å²) < 4.78 is 6.20. The Labute approximate surface area is 175 Å². The molecule has 0 amide bonds.